The summed E-state index contributed by atoms with van der Waals surface area (Å²) >= 11 is 0. The van der Waals surface area contributed by atoms with E-state index in [-0.39, 0.29) is 17.5 Å². The van der Waals surface area contributed by atoms with Crippen LogP contribution in [0, 0.1) is 6.92 Å². The van der Waals surface area contributed by atoms with Gasteiger partial charge in [-0.05, 0) is 49.1 Å². The fourth-order valence-electron chi connectivity index (χ4n) is 5.65. The number of amides is 1. The number of nitrogens with one attached hydrogen (secondary N) is 1. The van der Waals surface area contributed by atoms with Crippen molar-refractivity contribution in [3.63, 3.8) is 0 Å². The van der Waals surface area contributed by atoms with Gasteiger partial charge in [-0.2, -0.15) is 18.3 Å². The summed E-state index contributed by atoms with van der Waals surface area (Å²) in [5.74, 6) is -0.0910. The maximum Gasteiger partial charge on any atom is 0.433 e. The lowest BCUT2D eigenvalue weighted by atomic mass is 10.0. The predicted molar refractivity (Wildman–Crippen MR) is 142 cm³/mol. The average Bonchev–Trinajstić information content (AvgIpc) is 3.39. The second kappa shape index (κ2) is 10.3. The summed E-state index contributed by atoms with van der Waals surface area (Å²) in [6, 6.07) is 6.27. The van der Waals surface area contributed by atoms with Gasteiger partial charge in [-0.25, -0.2) is 0 Å². The molecule has 2 fully saturated rings. The molecule has 0 unspecified atom stereocenters. The maximum absolute atomic E-state index is 13.7. The first-order valence-electron chi connectivity index (χ1n) is 13.3. The van der Waals surface area contributed by atoms with Gasteiger partial charge in [0.25, 0.3) is 11.5 Å². The number of hydrogen-bond acceptors (Lipinski definition) is 6. The lowest BCUT2D eigenvalue weighted by Gasteiger charge is -2.35. The lowest BCUT2D eigenvalue weighted by molar-refractivity contribution is -0.141. The van der Waals surface area contributed by atoms with E-state index in [4.69, 9.17) is 4.74 Å². The molecule has 0 radical (unpaired) electrons. The van der Waals surface area contributed by atoms with Gasteiger partial charge in [0.15, 0.2) is 0 Å². The van der Waals surface area contributed by atoms with E-state index in [9.17, 15) is 22.8 Å². The van der Waals surface area contributed by atoms with Crippen molar-refractivity contribution in [3.8, 4) is 0 Å². The summed E-state index contributed by atoms with van der Waals surface area (Å²) < 4.78 is 45.8. The molecule has 1 aromatic carbocycles. The third-order valence-corrected chi connectivity index (χ3v) is 7.86. The number of carbonyl (C=O) groups excluding carboxylic acids is 1. The molecule has 0 saturated carbocycles. The molecule has 4 aromatic rings. The molecule has 2 aliphatic rings. The first-order chi connectivity index (χ1) is 19.2. The van der Waals surface area contributed by atoms with Crippen molar-refractivity contribution in [1.29, 1.82) is 0 Å². The quantitative estimate of drug-likeness (QED) is 0.411. The average molecular weight is 555 g/mol. The summed E-state index contributed by atoms with van der Waals surface area (Å²) in [6.45, 7) is 5.76. The van der Waals surface area contributed by atoms with E-state index in [1.165, 1.54) is 12.3 Å². The number of halogens is 3. The number of aromatic nitrogens is 4. The minimum atomic E-state index is -4.46. The van der Waals surface area contributed by atoms with Crippen LogP contribution in [0.2, 0.25) is 0 Å². The molecule has 0 atom stereocenters. The highest BCUT2D eigenvalue weighted by Crippen LogP contribution is 2.31. The Morgan fingerprint density at radius 2 is 1.82 bits per heavy atom. The van der Waals surface area contributed by atoms with Crippen molar-refractivity contribution in [2.75, 3.05) is 39.4 Å². The topological polar surface area (TPSA) is 96.3 Å². The van der Waals surface area contributed by atoms with Crippen molar-refractivity contribution < 1.29 is 22.7 Å². The zero-order valence-corrected chi connectivity index (χ0v) is 22.0. The fourth-order valence-corrected chi connectivity index (χ4v) is 5.65. The van der Waals surface area contributed by atoms with E-state index >= 15 is 0 Å². The molecule has 0 aliphatic carbocycles. The van der Waals surface area contributed by atoms with Crippen LogP contribution < -0.4 is 5.56 Å². The zero-order chi connectivity index (χ0) is 28.0. The molecule has 3 aromatic heterocycles. The van der Waals surface area contributed by atoms with E-state index in [1.807, 2.05) is 23.7 Å². The molecule has 0 bridgehead atoms. The molecule has 5 heterocycles. The maximum atomic E-state index is 13.7. The second-order valence-corrected chi connectivity index (χ2v) is 10.5. The number of aromatic amines is 1. The largest absolute Gasteiger partial charge is 0.433 e. The number of ether oxygens (including phenoxy) is 1. The second-order valence-electron chi connectivity index (χ2n) is 10.5. The number of alkyl halides is 3. The normalized spacial score (nSPS) is 17.6. The van der Waals surface area contributed by atoms with Crippen LogP contribution in [0.15, 0.2) is 41.5 Å². The van der Waals surface area contributed by atoms with E-state index in [1.54, 1.807) is 11.1 Å². The summed E-state index contributed by atoms with van der Waals surface area (Å²) in [5.41, 5.74) is 2.30. The monoisotopic (exact) mass is 554 g/mol. The van der Waals surface area contributed by atoms with E-state index < -0.39 is 11.9 Å². The Labute approximate surface area is 227 Å². The van der Waals surface area contributed by atoms with Crippen LogP contribution in [0.1, 0.15) is 46.1 Å². The Kier molecular flexibility index (Phi) is 6.83. The van der Waals surface area contributed by atoms with Crippen LogP contribution in [0.5, 0.6) is 0 Å². The number of fused-ring (bicyclic) bond motifs is 3. The van der Waals surface area contributed by atoms with Gasteiger partial charge >= 0.3 is 6.18 Å². The van der Waals surface area contributed by atoms with Gasteiger partial charge in [0.2, 0.25) is 0 Å². The molecule has 1 N–H and O–H groups in total. The van der Waals surface area contributed by atoms with Crippen molar-refractivity contribution in [2.24, 2.45) is 0 Å². The van der Waals surface area contributed by atoms with Gasteiger partial charge in [-0.3, -0.25) is 24.2 Å². The van der Waals surface area contributed by atoms with Gasteiger partial charge in [0.1, 0.15) is 5.69 Å². The molecule has 6 rings (SSSR count). The molecule has 1 amide bonds. The van der Waals surface area contributed by atoms with Crippen molar-refractivity contribution in [1.82, 2.24) is 29.5 Å². The van der Waals surface area contributed by atoms with Crippen LogP contribution in [0.3, 0.4) is 0 Å². The summed E-state index contributed by atoms with van der Waals surface area (Å²) in [4.78, 5) is 36.9. The van der Waals surface area contributed by atoms with Crippen LogP contribution in [-0.4, -0.2) is 74.8 Å². The van der Waals surface area contributed by atoms with Crippen LogP contribution in [-0.2, 0) is 17.5 Å². The lowest BCUT2D eigenvalue weighted by Crippen LogP contribution is -2.48. The molecular weight excluding hydrogens is 525 g/mol. The molecule has 2 aliphatic heterocycles. The minimum absolute atomic E-state index is 0.0910. The van der Waals surface area contributed by atoms with Gasteiger partial charge < -0.3 is 14.6 Å². The minimum Gasteiger partial charge on any atom is -0.381 e. The molecule has 12 heteroatoms. The van der Waals surface area contributed by atoms with Gasteiger partial charge in [-0.1, -0.05) is 6.07 Å². The summed E-state index contributed by atoms with van der Waals surface area (Å²) in [6.07, 6.45) is -0.00719. The first kappa shape index (κ1) is 26.5. The van der Waals surface area contributed by atoms with Gasteiger partial charge in [0.05, 0.1) is 28.7 Å². The van der Waals surface area contributed by atoms with E-state index in [0.29, 0.717) is 68.0 Å². The number of benzene rings is 1. The predicted octanol–water partition coefficient (Wildman–Crippen LogP) is 3.91. The summed E-state index contributed by atoms with van der Waals surface area (Å²) in [5, 5.41) is 5.83. The Balaban J connectivity index is 1.22. The fraction of sp³-hybridized carbons (Fsp3) is 0.429. The number of nitrogens with zero attached hydrogens (tertiary/aromatic N) is 5. The smallest absolute Gasteiger partial charge is 0.381 e. The van der Waals surface area contributed by atoms with E-state index in [2.05, 4.69) is 20.0 Å². The molecule has 210 valence electrons. The number of hydrogen-bond donors (Lipinski definition) is 1. The molecule has 40 heavy (non-hydrogen) atoms. The molecule has 9 nitrogen and oxygen atoms in total. The van der Waals surface area contributed by atoms with Crippen LogP contribution in [0.4, 0.5) is 13.2 Å². The Morgan fingerprint density at radius 3 is 2.50 bits per heavy atom. The summed E-state index contributed by atoms with van der Waals surface area (Å²) in [7, 11) is 0. The zero-order valence-electron chi connectivity index (χ0n) is 22.0. The SMILES string of the molecule is Cc1cc2[nH]c(=O)c3cnn(C4CCOCC4)c3c2cc1C(=O)N1CCN(Cc2ccc(C(F)(F)F)nc2)CC1. The molecule has 2 saturated heterocycles. The van der Waals surface area contributed by atoms with Gasteiger partial charge in [0, 0.05) is 63.1 Å². The van der Waals surface area contributed by atoms with Gasteiger partial charge in [-0.15, -0.1) is 0 Å². The van der Waals surface area contributed by atoms with E-state index in [0.717, 1.165) is 35.4 Å². The highest BCUT2D eigenvalue weighted by Gasteiger charge is 2.32. The Morgan fingerprint density at radius 1 is 1.07 bits per heavy atom. The molecular formula is C28H29F3N6O3. The van der Waals surface area contributed by atoms with Crippen molar-refractivity contribution in [3.05, 3.63) is 69.4 Å². The highest BCUT2D eigenvalue weighted by molar-refractivity contribution is 6.07. The Bertz CT molecular complexity index is 1620. The third-order valence-electron chi connectivity index (χ3n) is 7.86. The highest BCUT2D eigenvalue weighted by atomic mass is 19.4. The third kappa shape index (κ3) is 4.97. The van der Waals surface area contributed by atoms with Crippen molar-refractivity contribution >= 4 is 27.7 Å². The number of piperazine rings is 1. The van der Waals surface area contributed by atoms with Crippen LogP contribution in [0.25, 0.3) is 21.8 Å². The van der Waals surface area contributed by atoms with Crippen LogP contribution >= 0.6 is 0 Å². The number of H-pyrrole nitrogens is 1. The number of rotatable bonds is 4. The number of aryl methyl sites for hydroxylation is 1. The first-order valence-corrected chi connectivity index (χ1v) is 13.3. The Hall–Kier alpha value is -3.77. The number of carbonyl (C=O) groups is 1. The number of pyridine rings is 2. The van der Waals surface area contributed by atoms with Crippen molar-refractivity contribution in [2.45, 2.75) is 38.5 Å². The standard InChI is InChI=1S/C28H29F3N6O3/c1-17-12-23-21(25-22(26(38)34-23)15-33-37(25)19-4-10-40-11-5-19)13-20(17)27(39)36-8-6-35(7-9-36)16-18-2-3-24(32-14-18)28(29,30)31/h2-3,12-15,19H,4-11,16H2,1H3,(H,34,38). The molecule has 0 spiro atoms.